The Kier molecular flexibility index (Phi) is 4.28. The summed E-state index contributed by atoms with van der Waals surface area (Å²) in [6.45, 7) is 1.78. The highest BCUT2D eigenvalue weighted by molar-refractivity contribution is 7.08. The van der Waals surface area contributed by atoms with E-state index >= 15 is 0 Å². The lowest BCUT2D eigenvalue weighted by atomic mass is 9.86. The molecule has 0 aliphatic heterocycles. The number of aromatic nitrogens is 4. The molecule has 0 atom stereocenters. The second-order valence-corrected chi connectivity index (χ2v) is 6.38. The van der Waals surface area contributed by atoms with Crippen molar-refractivity contribution in [2.45, 2.75) is 45.4 Å². The molecule has 0 radical (unpaired) electrons. The fourth-order valence-electron chi connectivity index (χ4n) is 2.85. The third kappa shape index (κ3) is 3.47. The summed E-state index contributed by atoms with van der Waals surface area (Å²) in [5, 5.41) is 13.8. The molecule has 6 nitrogen and oxygen atoms in total. The van der Waals surface area contributed by atoms with Crippen LogP contribution in [0.4, 0.5) is 5.82 Å². The molecule has 112 valence electrons. The summed E-state index contributed by atoms with van der Waals surface area (Å²) in [5.41, 5.74) is 1.74. The molecule has 1 saturated carbocycles. The predicted octanol–water partition coefficient (Wildman–Crippen LogP) is 2.94. The van der Waals surface area contributed by atoms with Gasteiger partial charge in [0.05, 0.1) is 5.69 Å². The number of amides is 1. The van der Waals surface area contributed by atoms with Gasteiger partial charge in [-0.15, -0.1) is 5.10 Å². The van der Waals surface area contributed by atoms with Gasteiger partial charge in [-0.25, -0.2) is 0 Å². The molecule has 0 saturated heterocycles. The molecule has 0 spiro atoms. The Bertz CT molecular complexity index is 614. The van der Waals surface area contributed by atoms with Crippen LogP contribution in [0.5, 0.6) is 0 Å². The van der Waals surface area contributed by atoms with Crippen molar-refractivity contribution in [1.82, 2.24) is 19.8 Å². The number of aryl methyl sites for hydroxylation is 1. The van der Waals surface area contributed by atoms with Crippen molar-refractivity contribution < 1.29 is 4.79 Å². The Morgan fingerprint density at radius 1 is 1.43 bits per heavy atom. The maximum atomic E-state index is 12.1. The first-order valence-electron chi connectivity index (χ1n) is 7.37. The number of rotatable bonds is 4. The van der Waals surface area contributed by atoms with Crippen LogP contribution in [0.1, 0.15) is 53.2 Å². The van der Waals surface area contributed by atoms with E-state index in [1.807, 2.05) is 6.07 Å². The van der Waals surface area contributed by atoms with E-state index in [1.54, 1.807) is 6.92 Å². The predicted molar refractivity (Wildman–Crippen MR) is 81.5 cm³/mol. The molecule has 1 aliphatic carbocycles. The van der Waals surface area contributed by atoms with Crippen molar-refractivity contribution in [3.8, 4) is 0 Å². The lowest BCUT2D eigenvalue weighted by Crippen LogP contribution is -2.11. The molecule has 0 aromatic carbocycles. The molecule has 1 aliphatic rings. The fourth-order valence-corrected chi connectivity index (χ4v) is 3.40. The SMILES string of the molecule is Cc1nnsc1C(=O)Nc1cc(CC2CCCCC2)[nH]n1. The van der Waals surface area contributed by atoms with E-state index in [2.05, 4.69) is 25.1 Å². The van der Waals surface area contributed by atoms with Gasteiger partial charge in [-0.2, -0.15) is 5.10 Å². The quantitative estimate of drug-likeness (QED) is 0.909. The van der Waals surface area contributed by atoms with Crippen LogP contribution < -0.4 is 5.32 Å². The molecule has 2 aromatic heterocycles. The number of carbonyl (C=O) groups excluding carboxylic acids is 1. The lowest BCUT2D eigenvalue weighted by Gasteiger charge is -2.20. The first-order chi connectivity index (χ1) is 10.2. The standard InChI is InChI=1S/C14H19N5OS/c1-9-13(21-19-16-9)14(20)15-12-8-11(17-18-12)7-10-5-3-2-4-6-10/h8,10H,2-7H2,1H3,(H2,15,17,18,20). The molecule has 7 heteroatoms. The average Bonchev–Trinajstić information content (AvgIpc) is 3.09. The summed E-state index contributed by atoms with van der Waals surface area (Å²) in [6.07, 6.45) is 7.64. The number of H-pyrrole nitrogens is 1. The third-order valence-corrected chi connectivity index (χ3v) is 4.79. The zero-order valence-electron chi connectivity index (χ0n) is 12.1. The van der Waals surface area contributed by atoms with Gasteiger partial charge < -0.3 is 5.32 Å². The van der Waals surface area contributed by atoms with Gasteiger partial charge in [-0.05, 0) is 30.8 Å². The maximum absolute atomic E-state index is 12.1. The summed E-state index contributed by atoms with van der Waals surface area (Å²) in [7, 11) is 0. The first kappa shape index (κ1) is 14.2. The number of aromatic amines is 1. The highest BCUT2D eigenvalue weighted by atomic mass is 32.1. The number of hydrogen-bond donors (Lipinski definition) is 2. The Balaban J connectivity index is 1.60. The van der Waals surface area contributed by atoms with Crippen molar-refractivity contribution in [2.24, 2.45) is 5.92 Å². The van der Waals surface area contributed by atoms with Crippen LogP contribution in [0.25, 0.3) is 0 Å². The van der Waals surface area contributed by atoms with Crippen molar-refractivity contribution in [2.75, 3.05) is 5.32 Å². The van der Waals surface area contributed by atoms with Gasteiger partial charge in [-0.3, -0.25) is 9.89 Å². The second kappa shape index (κ2) is 6.34. The maximum Gasteiger partial charge on any atom is 0.270 e. The van der Waals surface area contributed by atoms with Crippen LogP contribution >= 0.6 is 11.5 Å². The molecule has 0 bridgehead atoms. The van der Waals surface area contributed by atoms with Gasteiger partial charge in [0.2, 0.25) is 0 Å². The molecular formula is C14H19N5OS. The number of nitrogens with one attached hydrogen (secondary N) is 2. The normalized spacial score (nSPS) is 16.0. The van der Waals surface area contributed by atoms with Gasteiger partial charge >= 0.3 is 0 Å². The van der Waals surface area contributed by atoms with Gasteiger partial charge in [0.15, 0.2) is 5.82 Å². The summed E-state index contributed by atoms with van der Waals surface area (Å²) in [4.78, 5) is 12.6. The van der Waals surface area contributed by atoms with Crippen LogP contribution in [-0.4, -0.2) is 25.7 Å². The minimum atomic E-state index is -0.196. The molecule has 2 aromatic rings. The Hall–Kier alpha value is -1.76. The Morgan fingerprint density at radius 2 is 2.24 bits per heavy atom. The van der Waals surface area contributed by atoms with Gasteiger partial charge in [-0.1, -0.05) is 36.6 Å². The van der Waals surface area contributed by atoms with E-state index in [9.17, 15) is 4.79 Å². The van der Waals surface area contributed by atoms with Crippen molar-refractivity contribution in [3.05, 3.63) is 22.3 Å². The summed E-state index contributed by atoms with van der Waals surface area (Å²) in [5.74, 6) is 1.12. The number of carbonyl (C=O) groups is 1. The number of nitrogens with zero attached hydrogens (tertiary/aromatic N) is 3. The van der Waals surface area contributed by atoms with Crippen molar-refractivity contribution >= 4 is 23.3 Å². The van der Waals surface area contributed by atoms with E-state index in [1.165, 1.54) is 32.1 Å². The van der Waals surface area contributed by atoms with E-state index < -0.39 is 0 Å². The molecule has 2 N–H and O–H groups in total. The minimum absolute atomic E-state index is 0.196. The highest BCUT2D eigenvalue weighted by Crippen LogP contribution is 2.26. The minimum Gasteiger partial charge on any atom is -0.304 e. The van der Waals surface area contributed by atoms with E-state index in [0.717, 1.165) is 29.6 Å². The third-order valence-electron chi connectivity index (χ3n) is 3.96. The molecule has 1 fully saturated rings. The first-order valence-corrected chi connectivity index (χ1v) is 8.14. The smallest absolute Gasteiger partial charge is 0.270 e. The zero-order valence-corrected chi connectivity index (χ0v) is 12.9. The van der Waals surface area contributed by atoms with Gasteiger partial charge in [0, 0.05) is 11.8 Å². The van der Waals surface area contributed by atoms with Gasteiger partial charge in [0.1, 0.15) is 4.88 Å². The second-order valence-electron chi connectivity index (χ2n) is 5.63. The lowest BCUT2D eigenvalue weighted by molar-refractivity contribution is 0.102. The fraction of sp³-hybridized carbons (Fsp3) is 0.571. The number of anilines is 1. The Labute approximate surface area is 127 Å². The zero-order chi connectivity index (χ0) is 14.7. The van der Waals surface area contributed by atoms with E-state index in [0.29, 0.717) is 16.4 Å². The van der Waals surface area contributed by atoms with E-state index in [4.69, 9.17) is 0 Å². The molecular weight excluding hydrogens is 286 g/mol. The molecule has 21 heavy (non-hydrogen) atoms. The summed E-state index contributed by atoms with van der Waals surface area (Å²) < 4.78 is 3.77. The monoisotopic (exact) mass is 305 g/mol. The topological polar surface area (TPSA) is 83.6 Å². The molecule has 2 heterocycles. The Morgan fingerprint density at radius 3 is 2.95 bits per heavy atom. The molecule has 3 rings (SSSR count). The summed E-state index contributed by atoms with van der Waals surface area (Å²) >= 11 is 1.10. The van der Waals surface area contributed by atoms with Crippen molar-refractivity contribution in [1.29, 1.82) is 0 Å². The number of hydrogen-bond acceptors (Lipinski definition) is 5. The van der Waals surface area contributed by atoms with Crippen LogP contribution in [0.2, 0.25) is 0 Å². The van der Waals surface area contributed by atoms with Crippen molar-refractivity contribution in [3.63, 3.8) is 0 Å². The average molecular weight is 305 g/mol. The van der Waals surface area contributed by atoms with Gasteiger partial charge in [0.25, 0.3) is 5.91 Å². The van der Waals surface area contributed by atoms with Crippen LogP contribution in [0.15, 0.2) is 6.07 Å². The van der Waals surface area contributed by atoms with Crippen LogP contribution in [0, 0.1) is 12.8 Å². The van der Waals surface area contributed by atoms with Crippen LogP contribution in [0.3, 0.4) is 0 Å². The largest absolute Gasteiger partial charge is 0.304 e. The summed E-state index contributed by atoms with van der Waals surface area (Å²) in [6, 6.07) is 1.93. The highest BCUT2D eigenvalue weighted by Gasteiger charge is 2.17. The van der Waals surface area contributed by atoms with E-state index in [-0.39, 0.29) is 5.91 Å². The molecule has 1 amide bonds. The van der Waals surface area contributed by atoms with Crippen LogP contribution in [-0.2, 0) is 6.42 Å². The molecule has 0 unspecified atom stereocenters.